The first-order chi connectivity index (χ1) is 16.2. The molecule has 34 heavy (non-hydrogen) atoms. The second-order valence-corrected chi connectivity index (χ2v) is 11.0. The van der Waals surface area contributed by atoms with Crippen LogP contribution >= 0.6 is 0 Å². The van der Waals surface area contributed by atoms with E-state index in [0.717, 1.165) is 51.1 Å². The lowest BCUT2D eigenvalue weighted by atomic mass is 9.86. The second kappa shape index (κ2) is 12.2. The first kappa shape index (κ1) is 26.7. The Bertz CT molecular complexity index is 784. The van der Waals surface area contributed by atoms with Gasteiger partial charge in [-0.2, -0.15) is 0 Å². The van der Waals surface area contributed by atoms with Crippen molar-refractivity contribution in [2.24, 2.45) is 5.92 Å². The van der Waals surface area contributed by atoms with Crippen molar-refractivity contribution in [2.45, 2.75) is 71.8 Å². The molecule has 1 aliphatic carbocycles. The van der Waals surface area contributed by atoms with Crippen LogP contribution in [0.2, 0.25) is 0 Å². The summed E-state index contributed by atoms with van der Waals surface area (Å²) in [6.07, 6.45) is 4.70. The molecular weight excluding hydrogens is 424 g/mol. The van der Waals surface area contributed by atoms with Crippen molar-refractivity contribution in [3.05, 3.63) is 35.4 Å². The highest BCUT2D eigenvalue weighted by atomic mass is 16.2. The summed E-state index contributed by atoms with van der Waals surface area (Å²) in [6.45, 7) is 17.4. The van der Waals surface area contributed by atoms with Gasteiger partial charge in [-0.05, 0) is 55.0 Å². The number of piperazine rings is 1. The fraction of sp³-hybridized carbons (Fsp3) is 0.714. The maximum atomic E-state index is 13.3. The summed E-state index contributed by atoms with van der Waals surface area (Å²) in [5, 5.41) is 3.23. The van der Waals surface area contributed by atoms with Gasteiger partial charge in [-0.15, -0.1) is 0 Å². The summed E-state index contributed by atoms with van der Waals surface area (Å²) in [6, 6.07) is 7.99. The third-order valence-electron chi connectivity index (χ3n) is 7.73. The van der Waals surface area contributed by atoms with Crippen LogP contribution < -0.4 is 5.32 Å². The highest BCUT2D eigenvalue weighted by Crippen LogP contribution is 2.31. The minimum atomic E-state index is -0.0671. The number of hydrogen-bond donors (Lipinski definition) is 1. The van der Waals surface area contributed by atoms with Crippen molar-refractivity contribution >= 4 is 11.8 Å². The molecule has 0 radical (unpaired) electrons. The topological polar surface area (TPSA) is 55.9 Å². The van der Waals surface area contributed by atoms with E-state index in [0.29, 0.717) is 25.6 Å². The molecule has 1 heterocycles. The minimum absolute atomic E-state index is 0.0671. The van der Waals surface area contributed by atoms with Crippen molar-refractivity contribution in [3.8, 4) is 0 Å². The molecule has 1 aromatic rings. The zero-order valence-corrected chi connectivity index (χ0v) is 22.1. The van der Waals surface area contributed by atoms with Gasteiger partial charge in [0, 0.05) is 44.8 Å². The van der Waals surface area contributed by atoms with Gasteiger partial charge in [0.15, 0.2) is 0 Å². The number of nitrogens with one attached hydrogen (secondary N) is 1. The molecule has 0 spiro atoms. The summed E-state index contributed by atoms with van der Waals surface area (Å²) >= 11 is 0. The monoisotopic (exact) mass is 470 g/mol. The number of amides is 2. The molecule has 1 unspecified atom stereocenters. The quantitative estimate of drug-likeness (QED) is 0.597. The molecular formula is C28H46N4O2. The van der Waals surface area contributed by atoms with E-state index in [4.69, 9.17) is 0 Å². The van der Waals surface area contributed by atoms with Gasteiger partial charge >= 0.3 is 0 Å². The Morgan fingerprint density at radius 1 is 1.00 bits per heavy atom. The Balaban J connectivity index is 1.58. The number of likely N-dealkylation sites (N-methyl/N-ethyl adjacent to an activating group) is 1. The van der Waals surface area contributed by atoms with Crippen LogP contribution in [-0.2, 0) is 10.2 Å². The summed E-state index contributed by atoms with van der Waals surface area (Å²) in [5.74, 6) is 0.707. The van der Waals surface area contributed by atoms with Crippen molar-refractivity contribution in [1.29, 1.82) is 0 Å². The molecule has 190 valence electrons. The predicted octanol–water partition coefficient (Wildman–Crippen LogP) is 3.76. The van der Waals surface area contributed by atoms with E-state index in [-0.39, 0.29) is 23.3 Å². The third-order valence-corrected chi connectivity index (χ3v) is 7.73. The van der Waals surface area contributed by atoms with Crippen LogP contribution in [0.3, 0.4) is 0 Å². The lowest BCUT2D eigenvalue weighted by molar-refractivity contribution is -0.129. The normalized spacial score (nSPS) is 18.9. The lowest BCUT2D eigenvalue weighted by Crippen LogP contribution is -2.58. The maximum absolute atomic E-state index is 13.3. The first-order valence-electron chi connectivity index (χ1n) is 13.4. The summed E-state index contributed by atoms with van der Waals surface area (Å²) in [5.41, 5.74) is 2.07. The van der Waals surface area contributed by atoms with Crippen molar-refractivity contribution in [2.75, 3.05) is 52.4 Å². The molecule has 2 aliphatic rings. The summed E-state index contributed by atoms with van der Waals surface area (Å²) in [4.78, 5) is 33.0. The van der Waals surface area contributed by atoms with Gasteiger partial charge in [-0.1, -0.05) is 59.6 Å². The first-order valence-corrected chi connectivity index (χ1v) is 13.4. The molecule has 2 fully saturated rings. The van der Waals surface area contributed by atoms with E-state index in [1.165, 1.54) is 18.4 Å². The molecule has 1 aliphatic heterocycles. The van der Waals surface area contributed by atoms with Gasteiger partial charge in [0.25, 0.3) is 5.91 Å². The standard InChI is InChI=1S/C28H46N4O2/c1-6-30(7-2)17-16-29-26(33)25(22-10-8-9-11-22)31-18-20-32(21-19-31)27(34)23-12-14-24(15-13-23)28(3,4)5/h12-15,22,25H,6-11,16-21H2,1-5H3,(H,29,33). The third kappa shape index (κ3) is 6.82. The van der Waals surface area contributed by atoms with Crippen LogP contribution in [-0.4, -0.2) is 84.9 Å². The number of benzene rings is 1. The van der Waals surface area contributed by atoms with E-state index in [1.807, 2.05) is 17.0 Å². The average Bonchev–Trinajstić information content (AvgIpc) is 3.36. The molecule has 0 bridgehead atoms. The molecule has 1 saturated heterocycles. The van der Waals surface area contributed by atoms with Crippen LogP contribution in [0.5, 0.6) is 0 Å². The Kier molecular flexibility index (Phi) is 9.55. The highest BCUT2D eigenvalue weighted by molar-refractivity contribution is 5.94. The van der Waals surface area contributed by atoms with Gasteiger partial charge in [-0.25, -0.2) is 0 Å². The van der Waals surface area contributed by atoms with Crippen LogP contribution in [0, 0.1) is 5.92 Å². The van der Waals surface area contributed by atoms with Crippen LogP contribution in [0.4, 0.5) is 0 Å². The second-order valence-electron chi connectivity index (χ2n) is 11.0. The zero-order chi connectivity index (χ0) is 24.7. The van der Waals surface area contributed by atoms with Crippen molar-refractivity contribution in [1.82, 2.24) is 20.0 Å². The molecule has 0 aromatic heterocycles. The highest BCUT2D eigenvalue weighted by Gasteiger charge is 2.37. The van der Waals surface area contributed by atoms with Gasteiger partial charge in [0.05, 0.1) is 6.04 Å². The van der Waals surface area contributed by atoms with E-state index in [2.05, 4.69) is 61.9 Å². The van der Waals surface area contributed by atoms with Crippen LogP contribution in [0.25, 0.3) is 0 Å². The Labute approximate surface area is 207 Å². The van der Waals surface area contributed by atoms with Crippen molar-refractivity contribution < 1.29 is 9.59 Å². The Morgan fingerprint density at radius 3 is 2.12 bits per heavy atom. The molecule has 1 saturated carbocycles. The molecule has 1 aromatic carbocycles. The Hall–Kier alpha value is -1.92. The fourth-order valence-electron chi connectivity index (χ4n) is 5.43. The van der Waals surface area contributed by atoms with E-state index in [1.54, 1.807) is 0 Å². The fourth-order valence-corrected chi connectivity index (χ4v) is 5.43. The summed E-state index contributed by atoms with van der Waals surface area (Å²) in [7, 11) is 0. The average molecular weight is 471 g/mol. The molecule has 6 heteroatoms. The molecule has 1 N–H and O–H groups in total. The minimum Gasteiger partial charge on any atom is -0.353 e. The number of hydrogen-bond acceptors (Lipinski definition) is 4. The number of carbonyl (C=O) groups excluding carboxylic acids is 2. The van der Waals surface area contributed by atoms with Crippen LogP contribution in [0.1, 0.15) is 76.2 Å². The van der Waals surface area contributed by atoms with Gasteiger partial charge in [0.2, 0.25) is 5.91 Å². The van der Waals surface area contributed by atoms with Gasteiger partial charge in [-0.3, -0.25) is 14.5 Å². The largest absolute Gasteiger partial charge is 0.353 e. The predicted molar refractivity (Wildman–Crippen MR) is 139 cm³/mol. The summed E-state index contributed by atoms with van der Waals surface area (Å²) < 4.78 is 0. The number of rotatable bonds is 9. The van der Waals surface area contributed by atoms with E-state index in [9.17, 15) is 9.59 Å². The smallest absolute Gasteiger partial charge is 0.253 e. The molecule has 6 nitrogen and oxygen atoms in total. The molecule has 1 atom stereocenters. The van der Waals surface area contributed by atoms with E-state index < -0.39 is 0 Å². The Morgan fingerprint density at radius 2 is 1.59 bits per heavy atom. The van der Waals surface area contributed by atoms with Gasteiger partial charge in [0.1, 0.15) is 0 Å². The van der Waals surface area contributed by atoms with Crippen LogP contribution in [0.15, 0.2) is 24.3 Å². The zero-order valence-electron chi connectivity index (χ0n) is 22.1. The molecule has 3 rings (SSSR count). The molecule has 2 amide bonds. The SMILES string of the molecule is CCN(CC)CCNC(=O)C(C1CCCC1)N1CCN(C(=O)c2ccc(C(C)(C)C)cc2)CC1. The number of carbonyl (C=O) groups is 2. The van der Waals surface area contributed by atoms with Crippen molar-refractivity contribution in [3.63, 3.8) is 0 Å². The van der Waals surface area contributed by atoms with Gasteiger partial charge < -0.3 is 15.1 Å². The number of nitrogens with zero attached hydrogens (tertiary/aromatic N) is 3. The van der Waals surface area contributed by atoms with E-state index >= 15 is 0 Å². The lowest BCUT2D eigenvalue weighted by Gasteiger charge is -2.41. The maximum Gasteiger partial charge on any atom is 0.253 e.